The van der Waals surface area contributed by atoms with Gasteiger partial charge in [-0.3, -0.25) is 9.69 Å². The molecule has 1 amide bonds. The van der Waals surface area contributed by atoms with E-state index in [1.54, 1.807) is 0 Å². The van der Waals surface area contributed by atoms with E-state index >= 15 is 0 Å². The van der Waals surface area contributed by atoms with Gasteiger partial charge in [0.15, 0.2) is 0 Å². The summed E-state index contributed by atoms with van der Waals surface area (Å²) in [6.45, 7) is 10.5. The van der Waals surface area contributed by atoms with Gasteiger partial charge in [-0.15, -0.1) is 0 Å². The number of carbonyl (C=O) groups excluding carboxylic acids is 1. The van der Waals surface area contributed by atoms with E-state index in [4.69, 9.17) is 4.74 Å². The number of ether oxygens (including phenoxy) is 1. The van der Waals surface area contributed by atoms with Crippen molar-refractivity contribution < 1.29 is 9.53 Å². The summed E-state index contributed by atoms with van der Waals surface area (Å²) in [4.78, 5) is 14.6. The third-order valence-electron chi connectivity index (χ3n) is 4.33. The number of amides is 1. The molecule has 1 aliphatic rings. The molecule has 2 rings (SSSR count). The molecule has 22 heavy (non-hydrogen) atoms. The third kappa shape index (κ3) is 4.55. The smallest absolute Gasteiger partial charge is 0.237 e. The van der Waals surface area contributed by atoms with Gasteiger partial charge in [0, 0.05) is 19.6 Å². The molecular formula is C18H28N2O2. The monoisotopic (exact) mass is 304 g/mol. The second kappa shape index (κ2) is 7.75. The highest BCUT2D eigenvalue weighted by atomic mass is 16.5. The van der Waals surface area contributed by atoms with E-state index in [-0.39, 0.29) is 24.2 Å². The predicted octanol–water partition coefficient (Wildman–Crippen LogP) is 2.40. The molecule has 0 spiro atoms. The molecule has 1 aliphatic heterocycles. The lowest BCUT2D eigenvalue weighted by Gasteiger charge is -2.38. The highest BCUT2D eigenvalue weighted by Crippen LogP contribution is 2.15. The fraction of sp³-hybridized carbons (Fsp3) is 0.611. The lowest BCUT2D eigenvalue weighted by molar-refractivity contribution is -0.131. The first-order valence-corrected chi connectivity index (χ1v) is 8.19. The molecule has 0 unspecified atom stereocenters. The summed E-state index contributed by atoms with van der Waals surface area (Å²) in [5, 5.41) is 3.09. The van der Waals surface area contributed by atoms with Crippen molar-refractivity contribution in [2.24, 2.45) is 0 Å². The van der Waals surface area contributed by atoms with Crippen molar-refractivity contribution in [3.8, 4) is 0 Å². The number of benzene rings is 1. The lowest BCUT2D eigenvalue weighted by Crippen LogP contribution is -2.54. The molecule has 4 heteroatoms. The minimum absolute atomic E-state index is 0.101. The summed E-state index contributed by atoms with van der Waals surface area (Å²) >= 11 is 0. The zero-order chi connectivity index (χ0) is 16.1. The maximum Gasteiger partial charge on any atom is 0.237 e. The Morgan fingerprint density at radius 3 is 2.41 bits per heavy atom. The first-order valence-electron chi connectivity index (χ1n) is 8.19. The largest absolute Gasteiger partial charge is 0.373 e. The van der Waals surface area contributed by atoms with Crippen molar-refractivity contribution in [2.75, 3.05) is 19.6 Å². The van der Waals surface area contributed by atoms with E-state index < -0.39 is 0 Å². The molecule has 1 N–H and O–H groups in total. The standard InChI is InChI=1S/C18H28N2O2/c1-13(17-8-6-5-7-9-17)10-19-18(21)16(4)20-11-14(2)22-15(3)12-20/h5-9,13-16H,10-12H2,1-4H3,(H,19,21)/t13-,14-,15+,16-/m1/s1. The average molecular weight is 304 g/mol. The topological polar surface area (TPSA) is 41.6 Å². The van der Waals surface area contributed by atoms with Crippen LogP contribution in [0.1, 0.15) is 39.2 Å². The van der Waals surface area contributed by atoms with Crippen molar-refractivity contribution in [3.05, 3.63) is 35.9 Å². The van der Waals surface area contributed by atoms with Gasteiger partial charge < -0.3 is 10.1 Å². The van der Waals surface area contributed by atoms with E-state index in [1.807, 2.05) is 25.1 Å². The molecule has 4 atom stereocenters. The highest BCUT2D eigenvalue weighted by molar-refractivity contribution is 5.81. The molecule has 0 saturated carbocycles. The Morgan fingerprint density at radius 2 is 1.82 bits per heavy atom. The molecule has 0 radical (unpaired) electrons. The van der Waals surface area contributed by atoms with Gasteiger partial charge >= 0.3 is 0 Å². The Hall–Kier alpha value is -1.39. The third-order valence-corrected chi connectivity index (χ3v) is 4.33. The maximum atomic E-state index is 12.4. The fourth-order valence-electron chi connectivity index (χ4n) is 3.00. The van der Waals surface area contributed by atoms with Crippen LogP contribution in [0, 0.1) is 0 Å². The van der Waals surface area contributed by atoms with Gasteiger partial charge in [-0.25, -0.2) is 0 Å². The van der Waals surface area contributed by atoms with Crippen molar-refractivity contribution in [1.82, 2.24) is 10.2 Å². The van der Waals surface area contributed by atoms with Crippen LogP contribution in [0.25, 0.3) is 0 Å². The molecular weight excluding hydrogens is 276 g/mol. The number of nitrogens with zero attached hydrogens (tertiary/aromatic N) is 1. The first-order chi connectivity index (χ1) is 10.5. The van der Waals surface area contributed by atoms with Gasteiger partial charge in [0.05, 0.1) is 18.2 Å². The summed E-state index contributed by atoms with van der Waals surface area (Å²) in [5.74, 6) is 0.420. The van der Waals surface area contributed by atoms with E-state index in [1.165, 1.54) is 5.56 Å². The Labute approximate surface area is 133 Å². The van der Waals surface area contributed by atoms with Crippen LogP contribution in [-0.2, 0) is 9.53 Å². The van der Waals surface area contributed by atoms with Crippen LogP contribution in [0.2, 0.25) is 0 Å². The SMILES string of the molecule is C[C@@H]1CN([C@H](C)C(=O)NC[C@@H](C)c2ccccc2)C[C@H](C)O1. The van der Waals surface area contributed by atoms with Gasteiger partial charge in [-0.1, -0.05) is 37.3 Å². The van der Waals surface area contributed by atoms with Crippen LogP contribution in [0.5, 0.6) is 0 Å². The van der Waals surface area contributed by atoms with E-state index in [0.717, 1.165) is 13.1 Å². The van der Waals surface area contributed by atoms with Crippen molar-refractivity contribution in [1.29, 1.82) is 0 Å². The van der Waals surface area contributed by atoms with E-state index in [0.29, 0.717) is 12.5 Å². The van der Waals surface area contributed by atoms with Crippen LogP contribution < -0.4 is 5.32 Å². The lowest BCUT2D eigenvalue weighted by atomic mass is 10.0. The zero-order valence-corrected chi connectivity index (χ0v) is 14.1. The van der Waals surface area contributed by atoms with Crippen molar-refractivity contribution >= 4 is 5.91 Å². The first kappa shape index (κ1) is 17.0. The number of rotatable bonds is 5. The number of carbonyl (C=O) groups is 1. The molecule has 4 nitrogen and oxygen atoms in total. The Bertz CT molecular complexity index is 467. The molecule has 122 valence electrons. The quantitative estimate of drug-likeness (QED) is 0.908. The molecule has 1 saturated heterocycles. The van der Waals surface area contributed by atoms with Crippen molar-refractivity contribution in [2.45, 2.75) is 51.9 Å². The maximum absolute atomic E-state index is 12.4. The normalized spacial score (nSPS) is 25.5. The van der Waals surface area contributed by atoms with Crippen LogP contribution in [0.15, 0.2) is 30.3 Å². The van der Waals surface area contributed by atoms with Gasteiger partial charge in [-0.2, -0.15) is 0 Å². The second-order valence-corrected chi connectivity index (χ2v) is 6.44. The number of morpholine rings is 1. The van der Waals surface area contributed by atoms with Gasteiger partial charge in [0.2, 0.25) is 5.91 Å². The Kier molecular flexibility index (Phi) is 5.98. The van der Waals surface area contributed by atoms with Crippen LogP contribution in [0.4, 0.5) is 0 Å². The number of hydrogen-bond acceptors (Lipinski definition) is 3. The molecule has 1 heterocycles. The summed E-state index contributed by atoms with van der Waals surface area (Å²) in [7, 11) is 0. The van der Waals surface area contributed by atoms with Crippen LogP contribution in [0.3, 0.4) is 0 Å². The minimum atomic E-state index is -0.114. The zero-order valence-electron chi connectivity index (χ0n) is 14.1. The Balaban J connectivity index is 1.84. The highest BCUT2D eigenvalue weighted by Gasteiger charge is 2.29. The van der Waals surface area contributed by atoms with Crippen LogP contribution >= 0.6 is 0 Å². The summed E-state index contributed by atoms with van der Waals surface area (Å²) < 4.78 is 5.73. The minimum Gasteiger partial charge on any atom is -0.373 e. The Morgan fingerprint density at radius 1 is 1.23 bits per heavy atom. The molecule has 1 fully saturated rings. The van der Waals surface area contributed by atoms with Gasteiger partial charge in [-0.05, 0) is 32.3 Å². The summed E-state index contributed by atoms with van der Waals surface area (Å²) in [5.41, 5.74) is 1.25. The average Bonchev–Trinajstić information content (AvgIpc) is 2.51. The van der Waals surface area contributed by atoms with Gasteiger partial charge in [0.25, 0.3) is 0 Å². The molecule has 0 bridgehead atoms. The number of hydrogen-bond donors (Lipinski definition) is 1. The van der Waals surface area contributed by atoms with E-state index in [2.05, 4.69) is 43.1 Å². The molecule has 0 aromatic heterocycles. The van der Waals surface area contributed by atoms with Crippen LogP contribution in [-0.4, -0.2) is 48.7 Å². The number of nitrogens with one attached hydrogen (secondary N) is 1. The molecule has 0 aliphatic carbocycles. The van der Waals surface area contributed by atoms with Gasteiger partial charge in [0.1, 0.15) is 0 Å². The molecule has 1 aromatic carbocycles. The predicted molar refractivity (Wildman–Crippen MR) is 88.9 cm³/mol. The summed E-state index contributed by atoms with van der Waals surface area (Å²) in [6.07, 6.45) is 0.365. The van der Waals surface area contributed by atoms with Crippen molar-refractivity contribution in [3.63, 3.8) is 0 Å². The molecule has 1 aromatic rings. The second-order valence-electron chi connectivity index (χ2n) is 6.44. The summed E-state index contributed by atoms with van der Waals surface area (Å²) in [6, 6.07) is 10.2. The fourth-order valence-corrected chi connectivity index (χ4v) is 3.00. The van der Waals surface area contributed by atoms with E-state index in [9.17, 15) is 4.79 Å².